The Morgan fingerprint density at radius 3 is 2.79 bits per heavy atom. The minimum absolute atomic E-state index is 0.0981. The van der Waals surface area contributed by atoms with Crippen molar-refractivity contribution in [3.05, 3.63) is 48.2 Å². The summed E-state index contributed by atoms with van der Waals surface area (Å²) in [6.07, 6.45) is 5.43. The Kier molecular flexibility index (Phi) is 8.13. The van der Waals surface area contributed by atoms with Crippen molar-refractivity contribution in [2.45, 2.75) is 45.6 Å². The topological polar surface area (TPSA) is 78.0 Å². The highest BCUT2D eigenvalue weighted by Gasteiger charge is 2.36. The predicted molar refractivity (Wildman–Crippen MR) is 134 cm³/mol. The number of likely N-dealkylation sites (N-methyl/N-ethyl adjacent to an activating group) is 1. The maximum atomic E-state index is 14.0. The lowest BCUT2D eigenvalue weighted by molar-refractivity contribution is 0.0797. The number of hydrogen-bond donors (Lipinski definition) is 1. The normalized spacial score (nSPS) is 17.7. The number of urea groups is 1. The van der Waals surface area contributed by atoms with Gasteiger partial charge in [0.1, 0.15) is 0 Å². The molecule has 1 atom stereocenters. The monoisotopic (exact) mass is 465 g/mol. The zero-order valence-corrected chi connectivity index (χ0v) is 20.2. The third-order valence-corrected chi connectivity index (χ3v) is 6.74. The summed E-state index contributed by atoms with van der Waals surface area (Å²) in [4.78, 5) is 37.2. The van der Waals surface area contributed by atoms with E-state index in [0.29, 0.717) is 42.5 Å². The Morgan fingerprint density at radius 2 is 1.97 bits per heavy atom. The van der Waals surface area contributed by atoms with Crippen LogP contribution in [0, 0.1) is 0 Å². The number of likely N-dealkylation sites (tertiary alicyclic amines) is 1. The molecule has 0 saturated carbocycles. The number of pyridine rings is 1. The fraction of sp³-hybridized carbons (Fsp3) is 0.500. The number of anilines is 3. The Labute approximate surface area is 201 Å². The maximum Gasteiger partial charge on any atom is 0.330 e. The summed E-state index contributed by atoms with van der Waals surface area (Å²) >= 11 is 0. The molecule has 1 N–H and O–H groups in total. The molecular weight excluding hydrogens is 430 g/mol. The van der Waals surface area contributed by atoms with Crippen molar-refractivity contribution in [2.24, 2.45) is 0 Å². The van der Waals surface area contributed by atoms with E-state index in [0.717, 1.165) is 45.3 Å². The number of carbonyl (C=O) groups is 2. The van der Waals surface area contributed by atoms with Gasteiger partial charge in [-0.25, -0.2) is 14.7 Å². The lowest BCUT2D eigenvalue weighted by Crippen LogP contribution is -2.49. The van der Waals surface area contributed by atoms with Crippen molar-refractivity contribution in [3.63, 3.8) is 0 Å². The average molecular weight is 466 g/mol. The molecule has 8 heteroatoms. The molecule has 3 amide bonds. The highest BCUT2D eigenvalue weighted by Crippen LogP contribution is 2.38. The fourth-order valence-electron chi connectivity index (χ4n) is 4.76. The zero-order valence-electron chi connectivity index (χ0n) is 20.2. The van der Waals surface area contributed by atoms with Gasteiger partial charge >= 0.3 is 6.03 Å². The van der Waals surface area contributed by atoms with Gasteiger partial charge in [-0.2, -0.15) is 0 Å². The molecule has 2 aliphatic heterocycles. The molecule has 8 nitrogen and oxygen atoms in total. The van der Waals surface area contributed by atoms with Crippen molar-refractivity contribution in [3.8, 4) is 0 Å². The van der Waals surface area contributed by atoms with Gasteiger partial charge in [-0.15, -0.1) is 0 Å². The molecular formula is C26H35N5O3. The number of rotatable bonds is 8. The molecule has 1 unspecified atom stereocenters. The standard InChI is InChI=1S/C26H35N5O3/c1-3-29(4-2)17-19-34-18-14-20-10-7-8-16-30(20)26(33)31-23-13-6-5-12-22(23)28-25(32)21-11-9-15-27-24(21)31/h5-6,9,11-13,15,20H,3-4,7-8,10,14,16-19H2,1-2H3,(H,28,32). The second kappa shape index (κ2) is 11.4. The van der Waals surface area contributed by atoms with E-state index in [4.69, 9.17) is 4.74 Å². The number of aromatic nitrogens is 1. The number of piperidine rings is 1. The second-order valence-corrected chi connectivity index (χ2v) is 8.73. The molecule has 0 radical (unpaired) electrons. The second-order valence-electron chi connectivity index (χ2n) is 8.73. The first kappa shape index (κ1) is 24.2. The largest absolute Gasteiger partial charge is 0.380 e. The van der Waals surface area contributed by atoms with Gasteiger partial charge in [-0.3, -0.25) is 4.79 Å². The molecule has 1 saturated heterocycles. The first-order chi connectivity index (χ1) is 16.6. The molecule has 0 bridgehead atoms. The van der Waals surface area contributed by atoms with Crippen LogP contribution in [0.3, 0.4) is 0 Å². The van der Waals surface area contributed by atoms with E-state index in [9.17, 15) is 9.59 Å². The molecule has 182 valence electrons. The predicted octanol–water partition coefficient (Wildman–Crippen LogP) is 4.51. The molecule has 2 aromatic rings. The minimum atomic E-state index is -0.261. The number of carbonyl (C=O) groups excluding carboxylic acids is 2. The summed E-state index contributed by atoms with van der Waals surface area (Å²) in [5, 5.41) is 2.93. The summed E-state index contributed by atoms with van der Waals surface area (Å²) in [6.45, 7) is 9.30. The number of para-hydroxylation sites is 2. The highest BCUT2D eigenvalue weighted by molar-refractivity contribution is 6.16. The SMILES string of the molecule is CCN(CC)CCOCCC1CCCCN1C(=O)N1c2ccccc2NC(=O)c2cccnc21. The fourth-order valence-corrected chi connectivity index (χ4v) is 4.76. The Hall–Kier alpha value is -2.97. The molecule has 1 fully saturated rings. The van der Waals surface area contributed by atoms with Gasteiger partial charge in [0.2, 0.25) is 0 Å². The van der Waals surface area contributed by atoms with E-state index in [2.05, 4.69) is 29.0 Å². The van der Waals surface area contributed by atoms with Crippen molar-refractivity contribution >= 4 is 29.1 Å². The number of fused-ring (bicyclic) bond motifs is 2. The first-order valence-corrected chi connectivity index (χ1v) is 12.4. The summed E-state index contributed by atoms with van der Waals surface area (Å²) in [5.74, 6) is 0.109. The third kappa shape index (κ3) is 5.23. The summed E-state index contributed by atoms with van der Waals surface area (Å²) in [7, 11) is 0. The van der Waals surface area contributed by atoms with Crippen LogP contribution in [0.5, 0.6) is 0 Å². The molecule has 4 rings (SSSR count). The number of amides is 3. The van der Waals surface area contributed by atoms with Crippen LogP contribution < -0.4 is 10.2 Å². The van der Waals surface area contributed by atoms with Gasteiger partial charge in [-0.05, 0) is 63.0 Å². The van der Waals surface area contributed by atoms with Crippen LogP contribution >= 0.6 is 0 Å². The van der Waals surface area contributed by atoms with Crippen LogP contribution in [0.25, 0.3) is 0 Å². The van der Waals surface area contributed by atoms with Crippen molar-refractivity contribution in [1.82, 2.24) is 14.8 Å². The van der Waals surface area contributed by atoms with Crippen molar-refractivity contribution in [2.75, 3.05) is 49.6 Å². The van der Waals surface area contributed by atoms with Gasteiger partial charge in [-0.1, -0.05) is 26.0 Å². The molecule has 0 aliphatic carbocycles. The smallest absolute Gasteiger partial charge is 0.330 e. The molecule has 2 aliphatic rings. The Morgan fingerprint density at radius 1 is 1.15 bits per heavy atom. The number of hydrogen-bond acceptors (Lipinski definition) is 5. The van der Waals surface area contributed by atoms with E-state index < -0.39 is 0 Å². The lowest BCUT2D eigenvalue weighted by atomic mass is 10.00. The Bertz CT molecular complexity index is 994. The van der Waals surface area contributed by atoms with Crippen LogP contribution in [-0.4, -0.2) is 72.2 Å². The number of benzene rings is 1. The van der Waals surface area contributed by atoms with Crippen LogP contribution in [-0.2, 0) is 4.74 Å². The summed E-state index contributed by atoms with van der Waals surface area (Å²) in [5.41, 5.74) is 1.63. The number of nitrogens with zero attached hydrogens (tertiary/aromatic N) is 4. The van der Waals surface area contributed by atoms with Gasteiger partial charge in [0.25, 0.3) is 5.91 Å². The number of nitrogens with one attached hydrogen (secondary N) is 1. The van der Waals surface area contributed by atoms with Crippen LogP contribution in [0.4, 0.5) is 22.0 Å². The summed E-state index contributed by atoms with van der Waals surface area (Å²) < 4.78 is 5.93. The van der Waals surface area contributed by atoms with E-state index in [-0.39, 0.29) is 18.0 Å². The van der Waals surface area contributed by atoms with E-state index in [1.54, 1.807) is 23.2 Å². The molecule has 1 aromatic heterocycles. The average Bonchev–Trinajstić information content (AvgIpc) is 3.00. The van der Waals surface area contributed by atoms with Crippen molar-refractivity contribution < 1.29 is 14.3 Å². The van der Waals surface area contributed by atoms with E-state index >= 15 is 0 Å². The number of ether oxygens (including phenoxy) is 1. The van der Waals surface area contributed by atoms with Crippen LogP contribution in [0.1, 0.15) is 49.9 Å². The quantitative estimate of drug-likeness (QED) is 0.581. The van der Waals surface area contributed by atoms with Gasteiger partial charge in [0, 0.05) is 31.9 Å². The highest BCUT2D eigenvalue weighted by atomic mass is 16.5. The molecule has 3 heterocycles. The minimum Gasteiger partial charge on any atom is -0.380 e. The zero-order chi connectivity index (χ0) is 23.9. The Balaban J connectivity index is 1.52. The first-order valence-electron chi connectivity index (χ1n) is 12.4. The maximum absolute atomic E-state index is 14.0. The van der Waals surface area contributed by atoms with Crippen molar-refractivity contribution in [1.29, 1.82) is 0 Å². The molecule has 0 spiro atoms. The van der Waals surface area contributed by atoms with Crippen LogP contribution in [0.2, 0.25) is 0 Å². The van der Waals surface area contributed by atoms with E-state index in [1.165, 1.54) is 0 Å². The molecule has 1 aromatic carbocycles. The summed E-state index contributed by atoms with van der Waals surface area (Å²) in [6, 6.07) is 10.8. The van der Waals surface area contributed by atoms with Gasteiger partial charge in [0.05, 0.1) is 23.5 Å². The lowest BCUT2D eigenvalue weighted by Gasteiger charge is -2.39. The van der Waals surface area contributed by atoms with Crippen LogP contribution in [0.15, 0.2) is 42.6 Å². The van der Waals surface area contributed by atoms with E-state index in [1.807, 2.05) is 29.2 Å². The van der Waals surface area contributed by atoms with Gasteiger partial charge in [0.15, 0.2) is 5.82 Å². The van der Waals surface area contributed by atoms with Gasteiger partial charge < -0.3 is 19.9 Å². The third-order valence-electron chi connectivity index (χ3n) is 6.74. The molecule has 34 heavy (non-hydrogen) atoms.